The Morgan fingerprint density at radius 3 is 2.93 bits per heavy atom. The molecule has 0 saturated carbocycles. The molecule has 0 amide bonds. The molecule has 1 aromatic heterocycles. The zero-order valence-electron chi connectivity index (χ0n) is 8.59. The zero-order chi connectivity index (χ0) is 10.4. The van der Waals surface area contributed by atoms with E-state index >= 15 is 0 Å². The standard InChI is InChI=1S/C9H16FN3S/c1-13(2)9-12-7-8(14-9)6-11-5-3-4-10/h7,11H,3-6H2,1-2H3. The van der Waals surface area contributed by atoms with Crippen molar-refractivity contribution in [2.45, 2.75) is 13.0 Å². The fourth-order valence-corrected chi connectivity index (χ4v) is 1.79. The van der Waals surface area contributed by atoms with Crippen LogP contribution in [-0.2, 0) is 6.54 Å². The van der Waals surface area contributed by atoms with Gasteiger partial charge in [0.25, 0.3) is 0 Å². The van der Waals surface area contributed by atoms with E-state index in [1.54, 1.807) is 11.3 Å². The van der Waals surface area contributed by atoms with E-state index in [0.717, 1.165) is 18.2 Å². The molecule has 0 aliphatic rings. The van der Waals surface area contributed by atoms with Crippen LogP contribution in [0.4, 0.5) is 9.52 Å². The van der Waals surface area contributed by atoms with Gasteiger partial charge in [-0.3, -0.25) is 4.39 Å². The highest BCUT2D eigenvalue weighted by molar-refractivity contribution is 7.15. The molecule has 5 heteroatoms. The van der Waals surface area contributed by atoms with Crippen molar-refractivity contribution < 1.29 is 4.39 Å². The average Bonchev–Trinajstić information content (AvgIpc) is 2.61. The maximum absolute atomic E-state index is 11.8. The van der Waals surface area contributed by atoms with Gasteiger partial charge in [0.1, 0.15) is 0 Å². The molecule has 0 bridgehead atoms. The van der Waals surface area contributed by atoms with Crippen LogP contribution in [0, 0.1) is 0 Å². The van der Waals surface area contributed by atoms with Gasteiger partial charge in [0.2, 0.25) is 0 Å². The highest BCUT2D eigenvalue weighted by Gasteiger charge is 2.02. The maximum Gasteiger partial charge on any atom is 0.185 e. The monoisotopic (exact) mass is 217 g/mol. The van der Waals surface area contributed by atoms with Gasteiger partial charge in [0.05, 0.1) is 6.67 Å². The van der Waals surface area contributed by atoms with Crippen molar-refractivity contribution in [2.24, 2.45) is 0 Å². The summed E-state index contributed by atoms with van der Waals surface area (Å²) in [6, 6.07) is 0. The number of anilines is 1. The van der Waals surface area contributed by atoms with Crippen molar-refractivity contribution >= 4 is 16.5 Å². The first-order valence-electron chi connectivity index (χ1n) is 4.62. The number of alkyl halides is 1. The number of halogens is 1. The number of rotatable bonds is 6. The van der Waals surface area contributed by atoms with E-state index in [-0.39, 0.29) is 6.67 Å². The van der Waals surface area contributed by atoms with Crippen LogP contribution in [0.2, 0.25) is 0 Å². The van der Waals surface area contributed by atoms with Crippen molar-refractivity contribution in [1.82, 2.24) is 10.3 Å². The van der Waals surface area contributed by atoms with E-state index in [4.69, 9.17) is 0 Å². The van der Waals surface area contributed by atoms with E-state index in [9.17, 15) is 4.39 Å². The predicted molar refractivity (Wildman–Crippen MR) is 58.7 cm³/mol. The Morgan fingerprint density at radius 2 is 2.36 bits per heavy atom. The van der Waals surface area contributed by atoms with Gasteiger partial charge >= 0.3 is 0 Å². The molecule has 0 spiro atoms. The summed E-state index contributed by atoms with van der Waals surface area (Å²) in [6.45, 7) is 1.26. The molecule has 0 saturated heterocycles. The molecule has 0 fully saturated rings. The summed E-state index contributed by atoms with van der Waals surface area (Å²) < 4.78 is 11.8. The van der Waals surface area contributed by atoms with Gasteiger partial charge in [-0.25, -0.2) is 4.98 Å². The van der Waals surface area contributed by atoms with Crippen LogP contribution in [-0.4, -0.2) is 32.3 Å². The molecular weight excluding hydrogens is 201 g/mol. The van der Waals surface area contributed by atoms with Crippen LogP contribution >= 0.6 is 11.3 Å². The molecule has 80 valence electrons. The van der Waals surface area contributed by atoms with Crippen LogP contribution in [0.3, 0.4) is 0 Å². The minimum atomic E-state index is -0.251. The number of aromatic nitrogens is 1. The lowest BCUT2D eigenvalue weighted by Gasteiger charge is -2.05. The molecular formula is C9H16FN3S. The third-order valence-electron chi connectivity index (χ3n) is 1.71. The SMILES string of the molecule is CN(C)c1ncc(CNCCCF)s1. The van der Waals surface area contributed by atoms with E-state index in [1.807, 2.05) is 25.2 Å². The molecule has 0 atom stereocenters. The average molecular weight is 217 g/mol. The third kappa shape index (κ3) is 3.59. The number of thiazole rings is 1. The minimum Gasteiger partial charge on any atom is -0.354 e. The second-order valence-corrected chi connectivity index (χ2v) is 4.32. The highest BCUT2D eigenvalue weighted by atomic mass is 32.1. The summed E-state index contributed by atoms with van der Waals surface area (Å²) in [5.41, 5.74) is 0. The van der Waals surface area contributed by atoms with Gasteiger partial charge in [-0.05, 0) is 13.0 Å². The second-order valence-electron chi connectivity index (χ2n) is 3.22. The van der Waals surface area contributed by atoms with Crippen LogP contribution in [0.25, 0.3) is 0 Å². The van der Waals surface area contributed by atoms with Gasteiger partial charge in [0, 0.05) is 31.7 Å². The third-order valence-corrected chi connectivity index (χ3v) is 2.88. The summed E-state index contributed by atoms with van der Waals surface area (Å²) in [6.07, 6.45) is 2.45. The second kappa shape index (κ2) is 5.93. The van der Waals surface area contributed by atoms with Crippen molar-refractivity contribution in [3.63, 3.8) is 0 Å². The molecule has 1 rings (SSSR count). The van der Waals surface area contributed by atoms with E-state index < -0.39 is 0 Å². The molecule has 3 nitrogen and oxygen atoms in total. The minimum absolute atomic E-state index is 0.251. The molecule has 1 aromatic rings. The topological polar surface area (TPSA) is 28.2 Å². The molecule has 0 aliphatic carbocycles. The number of hydrogen-bond acceptors (Lipinski definition) is 4. The number of nitrogens with one attached hydrogen (secondary N) is 1. The number of nitrogens with zero attached hydrogens (tertiary/aromatic N) is 2. The van der Waals surface area contributed by atoms with Crippen LogP contribution in [0.1, 0.15) is 11.3 Å². The van der Waals surface area contributed by atoms with Crippen molar-refractivity contribution in [3.05, 3.63) is 11.1 Å². The highest BCUT2D eigenvalue weighted by Crippen LogP contribution is 2.19. The van der Waals surface area contributed by atoms with Gasteiger partial charge < -0.3 is 10.2 Å². The Labute approximate surface area is 88.0 Å². The summed E-state index contributed by atoms with van der Waals surface area (Å²) in [5, 5.41) is 4.17. The lowest BCUT2D eigenvalue weighted by Crippen LogP contribution is -2.14. The van der Waals surface area contributed by atoms with Gasteiger partial charge in [0.15, 0.2) is 5.13 Å². The van der Waals surface area contributed by atoms with E-state index in [0.29, 0.717) is 6.42 Å². The molecule has 0 unspecified atom stereocenters. The van der Waals surface area contributed by atoms with Crippen LogP contribution < -0.4 is 10.2 Å². The molecule has 0 aromatic carbocycles. The Balaban J connectivity index is 2.29. The summed E-state index contributed by atoms with van der Waals surface area (Å²) in [4.78, 5) is 7.41. The Morgan fingerprint density at radius 1 is 1.57 bits per heavy atom. The largest absolute Gasteiger partial charge is 0.354 e. The fourth-order valence-electron chi connectivity index (χ4n) is 0.989. The fraction of sp³-hybridized carbons (Fsp3) is 0.667. The summed E-state index contributed by atoms with van der Waals surface area (Å²) in [5.74, 6) is 0. The number of hydrogen-bond donors (Lipinski definition) is 1. The first-order valence-corrected chi connectivity index (χ1v) is 5.44. The molecule has 1 heterocycles. The first-order chi connectivity index (χ1) is 6.74. The van der Waals surface area contributed by atoms with Gasteiger partial charge in [-0.2, -0.15) is 0 Å². The van der Waals surface area contributed by atoms with Crippen LogP contribution in [0.15, 0.2) is 6.20 Å². The molecule has 0 aliphatic heterocycles. The van der Waals surface area contributed by atoms with Crippen molar-refractivity contribution in [1.29, 1.82) is 0 Å². The Kier molecular flexibility index (Phi) is 4.82. The smallest absolute Gasteiger partial charge is 0.185 e. The van der Waals surface area contributed by atoms with Gasteiger partial charge in [-0.1, -0.05) is 0 Å². The predicted octanol–water partition coefficient (Wildman–Crippen LogP) is 1.66. The van der Waals surface area contributed by atoms with Crippen LogP contribution in [0.5, 0.6) is 0 Å². The molecule has 1 N–H and O–H groups in total. The summed E-state index contributed by atoms with van der Waals surface area (Å²) in [7, 11) is 3.94. The summed E-state index contributed by atoms with van der Waals surface area (Å²) >= 11 is 1.66. The quantitative estimate of drug-likeness (QED) is 0.735. The molecule has 14 heavy (non-hydrogen) atoms. The zero-order valence-corrected chi connectivity index (χ0v) is 9.40. The van der Waals surface area contributed by atoms with E-state index in [2.05, 4.69) is 10.3 Å². The lowest BCUT2D eigenvalue weighted by molar-refractivity contribution is 0.459. The van der Waals surface area contributed by atoms with Crippen molar-refractivity contribution in [3.8, 4) is 0 Å². The maximum atomic E-state index is 11.8. The molecule has 0 radical (unpaired) electrons. The van der Waals surface area contributed by atoms with Gasteiger partial charge in [-0.15, -0.1) is 11.3 Å². The Bertz CT molecular complexity index is 262. The first kappa shape index (κ1) is 11.4. The van der Waals surface area contributed by atoms with E-state index in [1.165, 1.54) is 4.88 Å². The Hall–Kier alpha value is -0.680. The normalized spacial score (nSPS) is 10.5. The van der Waals surface area contributed by atoms with Crippen molar-refractivity contribution in [2.75, 3.05) is 32.2 Å². The lowest BCUT2D eigenvalue weighted by atomic mass is 10.4.